The third kappa shape index (κ3) is 5.89. The molecule has 0 spiro atoms. The Bertz CT molecular complexity index is 112. The summed E-state index contributed by atoms with van der Waals surface area (Å²) in [6, 6.07) is 0. The van der Waals surface area contributed by atoms with Crippen LogP contribution in [0, 0.1) is 5.92 Å². The number of amides is 1. The number of carbonyl (C=O) groups is 1. The summed E-state index contributed by atoms with van der Waals surface area (Å²) >= 11 is 0. The van der Waals surface area contributed by atoms with E-state index in [1.165, 1.54) is 19.3 Å². The zero-order valence-corrected chi connectivity index (χ0v) is 7.81. The van der Waals surface area contributed by atoms with E-state index in [-0.39, 0.29) is 5.91 Å². The fraction of sp³-hybridized carbons (Fsp3) is 0.889. The number of unbranched alkanes of at least 4 members (excludes halogenated alkanes) is 1. The zero-order chi connectivity index (χ0) is 8.69. The minimum Gasteiger partial charge on any atom is -0.359 e. The second kappa shape index (κ2) is 6.20. The molecule has 0 aliphatic rings. The summed E-state index contributed by atoms with van der Waals surface area (Å²) < 4.78 is 0. The third-order valence-electron chi connectivity index (χ3n) is 1.86. The Morgan fingerprint density at radius 2 is 2.18 bits per heavy atom. The fourth-order valence-electron chi connectivity index (χ4n) is 1.07. The molecular formula is C9H19NO. The van der Waals surface area contributed by atoms with E-state index in [9.17, 15) is 4.79 Å². The summed E-state index contributed by atoms with van der Waals surface area (Å²) in [5, 5.41) is 2.63. The third-order valence-corrected chi connectivity index (χ3v) is 1.86. The summed E-state index contributed by atoms with van der Waals surface area (Å²) in [5.74, 6) is 0.698. The molecule has 0 saturated heterocycles. The molecule has 0 aliphatic carbocycles. The summed E-state index contributed by atoms with van der Waals surface area (Å²) in [6.07, 6.45) is 4.30. The van der Waals surface area contributed by atoms with Crippen LogP contribution in [0.3, 0.4) is 0 Å². The summed E-state index contributed by atoms with van der Waals surface area (Å²) in [5.41, 5.74) is 0. The Balaban J connectivity index is 3.35. The van der Waals surface area contributed by atoms with Crippen LogP contribution in [0.25, 0.3) is 0 Å². The molecule has 0 rings (SSSR count). The number of rotatable bonds is 5. The molecule has 0 radical (unpaired) electrons. The maximum atomic E-state index is 10.9. The van der Waals surface area contributed by atoms with Crippen LogP contribution >= 0.6 is 0 Å². The van der Waals surface area contributed by atoms with Crippen molar-refractivity contribution in [2.24, 2.45) is 5.92 Å². The van der Waals surface area contributed by atoms with E-state index in [4.69, 9.17) is 0 Å². The predicted octanol–water partition coefficient (Wildman–Crippen LogP) is 1.95. The van der Waals surface area contributed by atoms with E-state index in [1.807, 2.05) is 0 Å². The van der Waals surface area contributed by atoms with E-state index in [1.54, 1.807) is 7.05 Å². The normalized spacial score (nSPS) is 12.6. The van der Waals surface area contributed by atoms with Crippen LogP contribution in [-0.2, 0) is 4.79 Å². The van der Waals surface area contributed by atoms with E-state index in [2.05, 4.69) is 19.2 Å². The Hall–Kier alpha value is -0.530. The predicted molar refractivity (Wildman–Crippen MR) is 47.4 cm³/mol. The molecule has 1 atom stereocenters. The molecule has 0 fully saturated rings. The van der Waals surface area contributed by atoms with Crippen molar-refractivity contribution in [3.8, 4) is 0 Å². The van der Waals surface area contributed by atoms with E-state index in [0.29, 0.717) is 12.3 Å². The van der Waals surface area contributed by atoms with Gasteiger partial charge in [0.15, 0.2) is 0 Å². The molecule has 0 aromatic rings. The fourth-order valence-corrected chi connectivity index (χ4v) is 1.07. The van der Waals surface area contributed by atoms with Crippen LogP contribution < -0.4 is 5.32 Å². The Labute approximate surface area is 69.4 Å². The standard InChI is InChI=1S/C9H19NO/c1-4-5-6-8(2)7-9(11)10-3/h8H,4-7H2,1-3H3,(H,10,11)/t8-/m1/s1. The number of hydrogen-bond acceptors (Lipinski definition) is 1. The lowest BCUT2D eigenvalue weighted by Gasteiger charge is -2.08. The highest BCUT2D eigenvalue weighted by Gasteiger charge is 2.05. The Morgan fingerprint density at radius 3 is 2.64 bits per heavy atom. The van der Waals surface area contributed by atoms with Crippen molar-refractivity contribution < 1.29 is 4.79 Å². The first-order valence-electron chi connectivity index (χ1n) is 4.41. The van der Waals surface area contributed by atoms with Gasteiger partial charge in [-0.15, -0.1) is 0 Å². The van der Waals surface area contributed by atoms with Crippen LogP contribution in [-0.4, -0.2) is 13.0 Å². The van der Waals surface area contributed by atoms with Crippen LogP contribution in [0.4, 0.5) is 0 Å². The largest absolute Gasteiger partial charge is 0.359 e. The molecule has 11 heavy (non-hydrogen) atoms. The molecule has 66 valence electrons. The van der Waals surface area contributed by atoms with Gasteiger partial charge in [0.2, 0.25) is 5.91 Å². The van der Waals surface area contributed by atoms with Crippen molar-refractivity contribution in [3.63, 3.8) is 0 Å². The van der Waals surface area contributed by atoms with Crippen LogP contribution in [0.2, 0.25) is 0 Å². The Morgan fingerprint density at radius 1 is 1.55 bits per heavy atom. The molecule has 0 heterocycles. The van der Waals surface area contributed by atoms with Crippen LogP contribution in [0.1, 0.15) is 39.5 Å². The highest BCUT2D eigenvalue weighted by molar-refractivity contribution is 5.75. The number of hydrogen-bond donors (Lipinski definition) is 1. The number of nitrogens with one attached hydrogen (secondary N) is 1. The van der Waals surface area contributed by atoms with Crippen molar-refractivity contribution in [3.05, 3.63) is 0 Å². The SMILES string of the molecule is CCCC[C@@H](C)CC(=O)NC. The van der Waals surface area contributed by atoms with Gasteiger partial charge in [-0.3, -0.25) is 4.79 Å². The second-order valence-electron chi connectivity index (χ2n) is 3.12. The summed E-state index contributed by atoms with van der Waals surface area (Å²) in [6.45, 7) is 4.30. The molecule has 2 nitrogen and oxygen atoms in total. The number of carbonyl (C=O) groups excluding carboxylic acids is 1. The van der Waals surface area contributed by atoms with Crippen molar-refractivity contribution in [2.75, 3.05) is 7.05 Å². The highest BCUT2D eigenvalue weighted by Crippen LogP contribution is 2.10. The van der Waals surface area contributed by atoms with Crippen molar-refractivity contribution in [1.82, 2.24) is 5.32 Å². The highest BCUT2D eigenvalue weighted by atomic mass is 16.1. The molecule has 0 aromatic heterocycles. The first-order valence-corrected chi connectivity index (χ1v) is 4.41. The maximum absolute atomic E-state index is 10.9. The zero-order valence-electron chi connectivity index (χ0n) is 7.81. The lowest BCUT2D eigenvalue weighted by atomic mass is 10.0. The lowest BCUT2D eigenvalue weighted by Crippen LogP contribution is -2.20. The second-order valence-corrected chi connectivity index (χ2v) is 3.12. The van der Waals surface area contributed by atoms with Crippen molar-refractivity contribution >= 4 is 5.91 Å². The Kier molecular flexibility index (Phi) is 5.90. The first-order chi connectivity index (χ1) is 5.20. The van der Waals surface area contributed by atoms with E-state index in [0.717, 1.165) is 0 Å². The lowest BCUT2D eigenvalue weighted by molar-refractivity contribution is -0.121. The van der Waals surface area contributed by atoms with Crippen LogP contribution in [0.5, 0.6) is 0 Å². The van der Waals surface area contributed by atoms with Gasteiger partial charge < -0.3 is 5.32 Å². The van der Waals surface area contributed by atoms with Gasteiger partial charge in [-0.25, -0.2) is 0 Å². The average molecular weight is 157 g/mol. The van der Waals surface area contributed by atoms with E-state index >= 15 is 0 Å². The van der Waals surface area contributed by atoms with E-state index < -0.39 is 0 Å². The average Bonchev–Trinajstić information content (AvgIpc) is 2.00. The molecule has 0 aliphatic heterocycles. The quantitative estimate of drug-likeness (QED) is 0.649. The first kappa shape index (κ1) is 10.5. The van der Waals surface area contributed by atoms with Gasteiger partial charge in [-0.1, -0.05) is 33.1 Å². The van der Waals surface area contributed by atoms with Gasteiger partial charge in [0.05, 0.1) is 0 Å². The molecule has 0 unspecified atom stereocenters. The molecule has 1 N–H and O–H groups in total. The maximum Gasteiger partial charge on any atom is 0.220 e. The summed E-state index contributed by atoms with van der Waals surface area (Å²) in [7, 11) is 1.69. The topological polar surface area (TPSA) is 29.1 Å². The van der Waals surface area contributed by atoms with Gasteiger partial charge >= 0.3 is 0 Å². The molecule has 1 amide bonds. The minimum absolute atomic E-state index is 0.161. The van der Waals surface area contributed by atoms with Gasteiger partial charge in [-0.05, 0) is 5.92 Å². The molecule has 2 heteroatoms. The monoisotopic (exact) mass is 157 g/mol. The molecular weight excluding hydrogens is 138 g/mol. The minimum atomic E-state index is 0.161. The van der Waals surface area contributed by atoms with Gasteiger partial charge in [0.25, 0.3) is 0 Å². The molecule has 0 saturated carbocycles. The van der Waals surface area contributed by atoms with Crippen molar-refractivity contribution in [1.29, 1.82) is 0 Å². The molecule has 0 bridgehead atoms. The van der Waals surface area contributed by atoms with Crippen LogP contribution in [0.15, 0.2) is 0 Å². The molecule has 0 aromatic carbocycles. The van der Waals surface area contributed by atoms with Gasteiger partial charge in [-0.2, -0.15) is 0 Å². The smallest absolute Gasteiger partial charge is 0.220 e. The van der Waals surface area contributed by atoms with Crippen molar-refractivity contribution in [2.45, 2.75) is 39.5 Å². The summed E-state index contributed by atoms with van der Waals surface area (Å²) in [4.78, 5) is 10.9. The van der Waals surface area contributed by atoms with Gasteiger partial charge in [0.1, 0.15) is 0 Å². The van der Waals surface area contributed by atoms with Gasteiger partial charge in [0, 0.05) is 13.5 Å².